The van der Waals surface area contributed by atoms with Gasteiger partial charge in [-0.3, -0.25) is 14.4 Å². The van der Waals surface area contributed by atoms with Crippen LogP contribution in [0.1, 0.15) is 79.0 Å². The standard InChI is InChI=1S/C34H40N2O5/c1-6-7-9-14-31(38)36-18-17-27-15-16-28(40-21-26-12-10-8-11-13-26)20-29(27)32(36)34(39)35-30-19-22(2)33(41-25(5)37)24(4)23(30)3/h8,10-13,15-16,19-20,32H,6-7,9,14,17-18,21H2,1-5H3,(H,35,39). The van der Waals surface area contributed by atoms with E-state index in [4.69, 9.17) is 9.47 Å². The van der Waals surface area contributed by atoms with Gasteiger partial charge in [0.25, 0.3) is 5.91 Å². The highest BCUT2D eigenvalue weighted by atomic mass is 16.5. The quantitative estimate of drug-likeness (QED) is 0.169. The maximum absolute atomic E-state index is 14.1. The molecule has 0 aliphatic carbocycles. The zero-order chi connectivity index (χ0) is 29.5. The molecule has 1 atom stereocenters. The van der Waals surface area contributed by atoms with Gasteiger partial charge in [0.15, 0.2) is 0 Å². The number of rotatable bonds is 10. The fourth-order valence-corrected chi connectivity index (χ4v) is 5.34. The van der Waals surface area contributed by atoms with E-state index < -0.39 is 12.0 Å². The van der Waals surface area contributed by atoms with Crippen LogP contribution >= 0.6 is 0 Å². The molecule has 0 bridgehead atoms. The molecular weight excluding hydrogens is 516 g/mol. The maximum Gasteiger partial charge on any atom is 0.308 e. The van der Waals surface area contributed by atoms with Crippen LogP contribution in [0.2, 0.25) is 0 Å². The summed E-state index contributed by atoms with van der Waals surface area (Å²) in [6.45, 7) is 9.95. The average Bonchev–Trinajstić information content (AvgIpc) is 2.96. The number of carbonyl (C=O) groups is 3. The predicted octanol–water partition coefficient (Wildman–Crippen LogP) is 6.76. The molecule has 0 saturated carbocycles. The molecule has 41 heavy (non-hydrogen) atoms. The Kier molecular flexibility index (Phi) is 9.82. The molecule has 1 aliphatic rings. The summed E-state index contributed by atoms with van der Waals surface area (Å²) in [7, 11) is 0. The van der Waals surface area contributed by atoms with Gasteiger partial charge in [-0.1, -0.05) is 56.2 Å². The highest BCUT2D eigenvalue weighted by Gasteiger charge is 2.36. The van der Waals surface area contributed by atoms with E-state index in [1.54, 1.807) is 4.90 Å². The molecule has 7 nitrogen and oxygen atoms in total. The number of hydrogen-bond donors (Lipinski definition) is 1. The molecule has 0 fully saturated rings. The molecule has 0 radical (unpaired) electrons. The van der Waals surface area contributed by atoms with Crippen molar-refractivity contribution >= 4 is 23.5 Å². The molecule has 1 N–H and O–H groups in total. The lowest BCUT2D eigenvalue weighted by Crippen LogP contribution is -2.45. The van der Waals surface area contributed by atoms with Crippen molar-refractivity contribution in [3.63, 3.8) is 0 Å². The number of unbranched alkanes of at least 4 members (excludes halogenated alkanes) is 2. The van der Waals surface area contributed by atoms with Crippen LogP contribution in [-0.2, 0) is 27.4 Å². The van der Waals surface area contributed by atoms with E-state index in [2.05, 4.69) is 12.2 Å². The molecule has 3 aromatic rings. The summed E-state index contributed by atoms with van der Waals surface area (Å²) in [5.41, 5.74) is 5.82. The Morgan fingerprint density at radius 1 is 0.976 bits per heavy atom. The molecule has 1 heterocycles. The Hall–Kier alpha value is -4.13. The van der Waals surface area contributed by atoms with Crippen molar-refractivity contribution in [3.8, 4) is 11.5 Å². The summed E-state index contributed by atoms with van der Waals surface area (Å²) >= 11 is 0. The fraction of sp³-hybridized carbons (Fsp3) is 0.382. The lowest BCUT2D eigenvalue weighted by atomic mass is 9.91. The highest BCUT2D eigenvalue weighted by molar-refractivity contribution is 5.99. The Morgan fingerprint density at radius 2 is 1.73 bits per heavy atom. The Balaban J connectivity index is 1.66. The minimum Gasteiger partial charge on any atom is -0.489 e. The van der Waals surface area contributed by atoms with Crippen LogP contribution in [0.3, 0.4) is 0 Å². The van der Waals surface area contributed by atoms with E-state index in [-0.39, 0.29) is 11.8 Å². The van der Waals surface area contributed by atoms with Crippen molar-refractivity contribution in [3.05, 3.63) is 88.0 Å². The summed E-state index contributed by atoms with van der Waals surface area (Å²) in [5, 5.41) is 3.10. The van der Waals surface area contributed by atoms with Crippen molar-refractivity contribution in [1.29, 1.82) is 0 Å². The van der Waals surface area contributed by atoms with Gasteiger partial charge in [0.2, 0.25) is 5.91 Å². The molecule has 7 heteroatoms. The number of nitrogens with zero attached hydrogens (tertiary/aromatic N) is 1. The number of hydrogen-bond acceptors (Lipinski definition) is 5. The molecule has 0 spiro atoms. The van der Waals surface area contributed by atoms with E-state index >= 15 is 0 Å². The van der Waals surface area contributed by atoms with Crippen LogP contribution in [0.15, 0.2) is 54.6 Å². The molecule has 0 saturated heterocycles. The summed E-state index contributed by atoms with van der Waals surface area (Å²) < 4.78 is 11.5. The minimum atomic E-state index is -0.790. The first-order chi connectivity index (χ1) is 19.7. The van der Waals surface area contributed by atoms with Crippen molar-refractivity contribution in [2.24, 2.45) is 0 Å². The zero-order valence-electron chi connectivity index (χ0n) is 24.7. The van der Waals surface area contributed by atoms with Gasteiger partial charge in [-0.2, -0.15) is 0 Å². The number of esters is 1. The summed E-state index contributed by atoms with van der Waals surface area (Å²) in [4.78, 5) is 40.8. The van der Waals surface area contributed by atoms with Gasteiger partial charge in [0, 0.05) is 25.6 Å². The average molecular weight is 557 g/mol. The SMILES string of the molecule is CCCCCC(=O)N1CCc2ccc(OCc3ccccc3)cc2C1C(=O)Nc1cc(C)c(OC(C)=O)c(C)c1C. The first-order valence-electron chi connectivity index (χ1n) is 14.4. The molecule has 2 amide bonds. The second kappa shape index (κ2) is 13.5. The Bertz CT molecular complexity index is 1420. The third-order valence-electron chi connectivity index (χ3n) is 7.69. The zero-order valence-corrected chi connectivity index (χ0v) is 24.7. The van der Waals surface area contributed by atoms with E-state index in [9.17, 15) is 14.4 Å². The van der Waals surface area contributed by atoms with Gasteiger partial charge >= 0.3 is 5.97 Å². The number of benzene rings is 3. The Morgan fingerprint density at radius 3 is 2.44 bits per heavy atom. The van der Waals surface area contributed by atoms with Gasteiger partial charge in [-0.15, -0.1) is 0 Å². The molecule has 1 unspecified atom stereocenters. The van der Waals surface area contributed by atoms with Crippen LogP contribution in [0, 0.1) is 20.8 Å². The van der Waals surface area contributed by atoms with E-state index in [1.807, 2.05) is 75.4 Å². The predicted molar refractivity (Wildman–Crippen MR) is 160 cm³/mol. The maximum atomic E-state index is 14.1. The van der Waals surface area contributed by atoms with Gasteiger partial charge in [0.05, 0.1) is 0 Å². The second-order valence-corrected chi connectivity index (χ2v) is 10.7. The van der Waals surface area contributed by atoms with Crippen molar-refractivity contribution in [2.75, 3.05) is 11.9 Å². The monoisotopic (exact) mass is 556 g/mol. The fourth-order valence-electron chi connectivity index (χ4n) is 5.34. The normalized spacial score (nSPS) is 14.3. The van der Waals surface area contributed by atoms with Crippen molar-refractivity contribution in [2.45, 2.75) is 79.4 Å². The van der Waals surface area contributed by atoms with E-state index in [1.165, 1.54) is 6.92 Å². The van der Waals surface area contributed by atoms with Crippen LogP contribution in [0.4, 0.5) is 5.69 Å². The largest absolute Gasteiger partial charge is 0.489 e. The van der Waals surface area contributed by atoms with Crippen LogP contribution < -0.4 is 14.8 Å². The number of anilines is 1. The third-order valence-corrected chi connectivity index (χ3v) is 7.69. The second-order valence-electron chi connectivity index (χ2n) is 10.7. The Labute approximate surface area is 242 Å². The van der Waals surface area contributed by atoms with E-state index in [0.717, 1.165) is 52.6 Å². The van der Waals surface area contributed by atoms with Gasteiger partial charge < -0.3 is 19.7 Å². The smallest absolute Gasteiger partial charge is 0.308 e. The first kappa shape index (κ1) is 29.8. The number of aryl methyl sites for hydroxylation is 1. The molecule has 216 valence electrons. The van der Waals surface area contributed by atoms with Gasteiger partial charge in [-0.05, 0) is 85.2 Å². The number of amides is 2. The summed E-state index contributed by atoms with van der Waals surface area (Å²) in [5.74, 6) is 0.461. The first-order valence-corrected chi connectivity index (χ1v) is 14.4. The molecule has 1 aliphatic heterocycles. The topological polar surface area (TPSA) is 84.9 Å². The lowest BCUT2D eigenvalue weighted by molar-refractivity contribution is -0.139. The van der Waals surface area contributed by atoms with Crippen LogP contribution in [-0.4, -0.2) is 29.2 Å². The van der Waals surface area contributed by atoms with E-state index in [0.29, 0.717) is 43.2 Å². The highest BCUT2D eigenvalue weighted by Crippen LogP contribution is 2.36. The number of fused-ring (bicyclic) bond motifs is 1. The molecule has 0 aromatic heterocycles. The number of carbonyl (C=O) groups excluding carboxylic acids is 3. The van der Waals surface area contributed by atoms with Crippen molar-refractivity contribution < 1.29 is 23.9 Å². The van der Waals surface area contributed by atoms with Gasteiger partial charge in [0.1, 0.15) is 24.1 Å². The van der Waals surface area contributed by atoms with Crippen molar-refractivity contribution in [1.82, 2.24) is 4.90 Å². The summed E-state index contributed by atoms with van der Waals surface area (Å²) in [6, 6.07) is 16.8. The lowest BCUT2D eigenvalue weighted by Gasteiger charge is -2.37. The molecule has 3 aromatic carbocycles. The summed E-state index contributed by atoms with van der Waals surface area (Å²) in [6.07, 6.45) is 3.86. The van der Waals surface area contributed by atoms with Crippen LogP contribution in [0.5, 0.6) is 11.5 Å². The molecule has 4 rings (SSSR count). The minimum absolute atomic E-state index is 0.0193. The van der Waals surface area contributed by atoms with Crippen LogP contribution in [0.25, 0.3) is 0 Å². The number of nitrogens with one attached hydrogen (secondary N) is 1. The number of ether oxygens (including phenoxy) is 2. The van der Waals surface area contributed by atoms with Gasteiger partial charge in [-0.25, -0.2) is 0 Å². The third kappa shape index (κ3) is 7.15. The molecular formula is C34H40N2O5.